The van der Waals surface area contributed by atoms with Crippen LogP contribution in [0.2, 0.25) is 0 Å². The summed E-state index contributed by atoms with van der Waals surface area (Å²) < 4.78 is 7.35. The van der Waals surface area contributed by atoms with Gasteiger partial charge >= 0.3 is 0 Å². The second kappa shape index (κ2) is 17.7. The van der Waals surface area contributed by atoms with E-state index in [0.29, 0.717) is 30.1 Å². The molecule has 0 saturated carbocycles. The van der Waals surface area contributed by atoms with Gasteiger partial charge in [-0.1, -0.05) is 54.8 Å². The highest BCUT2D eigenvalue weighted by atomic mass is 32.2. The van der Waals surface area contributed by atoms with Gasteiger partial charge in [0.25, 0.3) is 0 Å². The molecule has 3 aromatic rings. The van der Waals surface area contributed by atoms with Crippen molar-refractivity contribution in [3.8, 4) is 5.75 Å². The van der Waals surface area contributed by atoms with Gasteiger partial charge in [-0.05, 0) is 73.4 Å². The number of amides is 2. The standard InChI is InChI=1S/C35H49N5O5S/c1-25(2)21-40(46(26(3)41)31-18-12-28(36)13-19-31)22-33(42)32(20-27-10-8-7-9-11-27)37-34(43)23-39(24-35(44)38(4)5)29-14-16-30(45-6)17-15-29/h7-19,25,32-33,41-42H,20-24,36H2,1-6H3,(H,37,43)/t32-,33+,46?/m0/s1. The molecule has 0 radical (unpaired) electrons. The number of likely N-dealkylation sites (N-methyl/N-ethyl adjacent to an activating group) is 1. The predicted molar refractivity (Wildman–Crippen MR) is 188 cm³/mol. The summed E-state index contributed by atoms with van der Waals surface area (Å²) in [4.78, 5) is 30.5. The van der Waals surface area contributed by atoms with Crippen LogP contribution < -0.4 is 20.7 Å². The first-order chi connectivity index (χ1) is 21.9. The molecule has 46 heavy (non-hydrogen) atoms. The number of nitrogen functional groups attached to an aromatic ring is 1. The number of nitrogens with two attached hydrogens (primary N) is 1. The zero-order valence-corrected chi connectivity index (χ0v) is 28.5. The topological polar surface area (TPSA) is 132 Å². The minimum atomic E-state index is -0.983. The Morgan fingerprint density at radius 1 is 0.935 bits per heavy atom. The molecular formula is C35H49N5O5S. The minimum Gasteiger partial charge on any atom is -0.497 e. The van der Waals surface area contributed by atoms with Crippen molar-refractivity contribution in [2.24, 2.45) is 5.92 Å². The third-order valence-electron chi connectivity index (χ3n) is 7.31. The number of carbonyl (C=O) groups is 2. The Kier molecular flexibility index (Phi) is 14.1. The largest absolute Gasteiger partial charge is 0.497 e. The van der Waals surface area contributed by atoms with Crippen LogP contribution in [0.1, 0.15) is 26.3 Å². The highest BCUT2D eigenvalue weighted by molar-refractivity contribution is 8.13. The Morgan fingerprint density at radius 2 is 1.57 bits per heavy atom. The molecule has 0 saturated heterocycles. The first-order valence-corrected chi connectivity index (χ1v) is 16.5. The van der Waals surface area contributed by atoms with E-state index in [-0.39, 0.29) is 42.4 Å². The summed E-state index contributed by atoms with van der Waals surface area (Å²) in [7, 11) is 4.09. The molecule has 2 amide bonds. The Balaban J connectivity index is 1.90. The van der Waals surface area contributed by atoms with Gasteiger partial charge in [0.05, 0.1) is 37.4 Å². The number of ether oxygens (including phenoxy) is 1. The van der Waals surface area contributed by atoms with Crippen LogP contribution in [0, 0.1) is 5.92 Å². The number of nitrogens with zero attached hydrogens (tertiary/aromatic N) is 3. The summed E-state index contributed by atoms with van der Waals surface area (Å²) in [6.45, 7) is 6.54. The Bertz CT molecular complexity index is 1430. The molecule has 0 fully saturated rings. The third kappa shape index (κ3) is 11.2. The fraction of sp³-hybridized carbons (Fsp3) is 0.400. The molecule has 0 spiro atoms. The van der Waals surface area contributed by atoms with E-state index in [1.54, 1.807) is 69.4 Å². The highest BCUT2D eigenvalue weighted by Crippen LogP contribution is 2.34. The maximum atomic E-state index is 13.7. The summed E-state index contributed by atoms with van der Waals surface area (Å²) in [5, 5.41) is 26.0. The molecule has 1 unspecified atom stereocenters. The average Bonchev–Trinajstić information content (AvgIpc) is 3.01. The van der Waals surface area contributed by atoms with Gasteiger partial charge in [-0.25, -0.2) is 4.31 Å². The van der Waals surface area contributed by atoms with E-state index in [1.807, 2.05) is 42.5 Å². The van der Waals surface area contributed by atoms with Gasteiger partial charge in [-0.3, -0.25) is 9.59 Å². The number of nitrogens with one attached hydrogen (secondary N) is 1. The van der Waals surface area contributed by atoms with E-state index in [2.05, 4.69) is 23.5 Å². The van der Waals surface area contributed by atoms with E-state index in [9.17, 15) is 19.8 Å². The van der Waals surface area contributed by atoms with E-state index < -0.39 is 22.8 Å². The number of benzene rings is 3. The molecular weight excluding hydrogens is 602 g/mol. The van der Waals surface area contributed by atoms with Gasteiger partial charge in [0.2, 0.25) is 11.8 Å². The maximum Gasteiger partial charge on any atom is 0.241 e. The summed E-state index contributed by atoms with van der Waals surface area (Å²) in [5.41, 5.74) is 8.21. The molecule has 3 rings (SSSR count). The smallest absolute Gasteiger partial charge is 0.241 e. The number of aliphatic hydroxyl groups excluding tert-OH is 2. The number of aliphatic hydroxyl groups is 2. The summed E-state index contributed by atoms with van der Waals surface area (Å²) in [6.07, 6.45) is -0.594. The van der Waals surface area contributed by atoms with E-state index in [0.717, 1.165) is 10.5 Å². The quantitative estimate of drug-likeness (QED) is 0.134. The van der Waals surface area contributed by atoms with Crippen LogP contribution in [0.5, 0.6) is 5.75 Å². The zero-order valence-electron chi connectivity index (χ0n) is 27.7. The van der Waals surface area contributed by atoms with Crippen LogP contribution in [-0.2, 0) is 16.0 Å². The fourth-order valence-electron chi connectivity index (χ4n) is 4.98. The summed E-state index contributed by atoms with van der Waals surface area (Å²) in [6, 6.07) is 23.6. The number of methoxy groups -OCH3 is 1. The van der Waals surface area contributed by atoms with Crippen molar-refractivity contribution in [3.63, 3.8) is 0 Å². The second-order valence-corrected chi connectivity index (χ2v) is 14.0. The molecule has 250 valence electrons. The van der Waals surface area contributed by atoms with Crippen LogP contribution >= 0.6 is 10.7 Å². The fourth-order valence-corrected chi connectivity index (χ4v) is 7.14. The van der Waals surface area contributed by atoms with Crippen LogP contribution in [0.25, 0.3) is 0 Å². The van der Waals surface area contributed by atoms with E-state index in [1.165, 1.54) is 4.90 Å². The van der Waals surface area contributed by atoms with Crippen molar-refractivity contribution in [1.29, 1.82) is 0 Å². The van der Waals surface area contributed by atoms with Gasteiger partial charge in [-0.15, -0.1) is 0 Å². The molecule has 0 aliphatic carbocycles. The summed E-state index contributed by atoms with van der Waals surface area (Å²) >= 11 is 0. The van der Waals surface area contributed by atoms with Crippen LogP contribution in [0.4, 0.5) is 11.4 Å². The Hall–Kier alpha value is -3.90. The van der Waals surface area contributed by atoms with Crippen molar-refractivity contribution in [1.82, 2.24) is 14.5 Å². The van der Waals surface area contributed by atoms with Crippen molar-refractivity contribution in [2.75, 3.05) is 58.0 Å². The zero-order chi connectivity index (χ0) is 33.8. The number of rotatable bonds is 16. The van der Waals surface area contributed by atoms with E-state index >= 15 is 0 Å². The lowest BCUT2D eigenvalue weighted by molar-refractivity contribution is -0.127. The summed E-state index contributed by atoms with van der Waals surface area (Å²) in [5.74, 6) is 0.418. The van der Waals surface area contributed by atoms with Crippen molar-refractivity contribution in [2.45, 2.75) is 44.2 Å². The van der Waals surface area contributed by atoms with Crippen LogP contribution in [0.15, 0.2) is 83.8 Å². The van der Waals surface area contributed by atoms with Gasteiger partial charge in [-0.2, -0.15) is 0 Å². The normalized spacial score (nSPS) is 13.6. The van der Waals surface area contributed by atoms with Crippen LogP contribution in [0.3, 0.4) is 0 Å². The van der Waals surface area contributed by atoms with Crippen molar-refractivity contribution >= 4 is 38.9 Å². The molecule has 11 heteroatoms. The minimum absolute atomic E-state index is 0.00315. The number of hydrogen-bond donors (Lipinski definition) is 4. The molecule has 3 atom stereocenters. The first kappa shape index (κ1) is 36.6. The number of carbonyl (C=O) groups excluding carboxylic acids is 2. The lowest BCUT2D eigenvalue weighted by Crippen LogP contribution is -2.52. The molecule has 0 bridgehead atoms. The third-order valence-corrected chi connectivity index (χ3v) is 9.40. The molecule has 3 aromatic carbocycles. The lowest BCUT2D eigenvalue weighted by atomic mass is 10.0. The first-order valence-electron chi connectivity index (χ1n) is 15.4. The second-order valence-electron chi connectivity index (χ2n) is 11.9. The monoisotopic (exact) mass is 651 g/mol. The molecule has 0 heterocycles. The Labute approximate surface area is 275 Å². The SMILES string of the molecule is COc1ccc(N(CC(=O)N[C@@H](Cc2ccccc2)[C@H](O)CN(CC(C)C)/S(=C(/C)O)c2ccc(N)cc2)CC(=O)N(C)C)cc1. The number of hydrogen-bond acceptors (Lipinski definition) is 7. The highest BCUT2D eigenvalue weighted by Gasteiger charge is 2.28. The van der Waals surface area contributed by atoms with Gasteiger partial charge in [0, 0.05) is 43.5 Å². The molecule has 5 N–H and O–H groups in total. The van der Waals surface area contributed by atoms with Crippen LogP contribution in [-0.4, -0.2) is 95.8 Å². The van der Waals surface area contributed by atoms with Gasteiger partial charge in [0.1, 0.15) is 5.75 Å². The lowest BCUT2D eigenvalue weighted by Gasteiger charge is -2.34. The van der Waals surface area contributed by atoms with Crippen molar-refractivity contribution in [3.05, 3.63) is 84.4 Å². The molecule has 0 aromatic heterocycles. The molecule has 10 nitrogen and oxygen atoms in total. The van der Waals surface area contributed by atoms with Gasteiger partial charge < -0.3 is 35.8 Å². The maximum absolute atomic E-state index is 13.7. The Morgan fingerprint density at radius 3 is 2.11 bits per heavy atom. The van der Waals surface area contributed by atoms with Crippen molar-refractivity contribution < 1.29 is 24.5 Å². The van der Waals surface area contributed by atoms with Gasteiger partial charge in [0.15, 0.2) is 0 Å². The average molecular weight is 652 g/mol. The van der Waals surface area contributed by atoms with E-state index in [4.69, 9.17) is 10.5 Å². The number of anilines is 2. The molecule has 0 aliphatic heterocycles. The predicted octanol–water partition coefficient (Wildman–Crippen LogP) is 4.17. The molecule has 0 aliphatic rings.